The van der Waals surface area contributed by atoms with Gasteiger partial charge in [-0.1, -0.05) is 6.92 Å². The minimum Gasteiger partial charge on any atom is -0.383 e. The van der Waals surface area contributed by atoms with Crippen LogP contribution in [0.2, 0.25) is 0 Å². The molecule has 0 fully saturated rings. The van der Waals surface area contributed by atoms with E-state index in [0.29, 0.717) is 46.2 Å². The molecule has 7 nitrogen and oxygen atoms in total. The molecule has 7 heteroatoms. The van der Waals surface area contributed by atoms with Gasteiger partial charge in [-0.3, -0.25) is 4.90 Å². The molecule has 0 spiro atoms. The molecule has 0 saturated heterocycles. The number of hydrogen-bond acceptors (Lipinski definition) is 7. The summed E-state index contributed by atoms with van der Waals surface area (Å²) in [4.78, 5) is 2.30. The monoisotopic (exact) mass is 336 g/mol. The molecular weight excluding hydrogens is 300 g/mol. The lowest BCUT2D eigenvalue weighted by Crippen LogP contribution is -2.30. The van der Waals surface area contributed by atoms with Crippen molar-refractivity contribution in [2.45, 2.75) is 6.92 Å². The van der Waals surface area contributed by atoms with Gasteiger partial charge in [0.25, 0.3) is 0 Å². The summed E-state index contributed by atoms with van der Waals surface area (Å²) in [6.45, 7) is 11.7. The highest BCUT2D eigenvalue weighted by molar-refractivity contribution is 4.53. The summed E-state index contributed by atoms with van der Waals surface area (Å²) in [5.41, 5.74) is 0. The van der Waals surface area contributed by atoms with E-state index in [1.165, 1.54) is 0 Å². The summed E-state index contributed by atoms with van der Waals surface area (Å²) in [6.07, 6.45) is 0. The predicted octanol–water partition coefficient (Wildman–Crippen LogP) is 0.241. The molecule has 0 aliphatic carbocycles. The van der Waals surface area contributed by atoms with Crippen molar-refractivity contribution in [3.8, 4) is 0 Å². The van der Waals surface area contributed by atoms with Crippen LogP contribution in [0.25, 0.3) is 0 Å². The largest absolute Gasteiger partial charge is 0.383 e. The van der Waals surface area contributed by atoms with Crippen LogP contribution in [0.4, 0.5) is 0 Å². The van der Waals surface area contributed by atoms with Crippen LogP contribution in [0, 0.1) is 0 Å². The number of methoxy groups -OCH3 is 1. The topological polar surface area (TPSA) is 61.4 Å². The van der Waals surface area contributed by atoms with Crippen molar-refractivity contribution in [3.63, 3.8) is 0 Å². The second-order valence-electron chi connectivity index (χ2n) is 4.98. The van der Waals surface area contributed by atoms with Gasteiger partial charge >= 0.3 is 0 Å². The zero-order valence-corrected chi connectivity index (χ0v) is 15.2. The van der Waals surface area contributed by atoms with Crippen molar-refractivity contribution in [1.82, 2.24) is 10.2 Å². The van der Waals surface area contributed by atoms with Gasteiger partial charge in [-0.05, 0) is 13.6 Å². The van der Waals surface area contributed by atoms with Gasteiger partial charge in [0.05, 0.1) is 59.5 Å². The molecule has 0 atom stereocenters. The maximum Gasteiger partial charge on any atom is 0.0701 e. The minimum atomic E-state index is 0.592. The van der Waals surface area contributed by atoms with Crippen molar-refractivity contribution < 1.29 is 23.7 Å². The highest BCUT2D eigenvalue weighted by Crippen LogP contribution is 1.89. The molecule has 0 aliphatic heterocycles. The molecule has 0 aliphatic rings. The Hall–Kier alpha value is -0.280. The van der Waals surface area contributed by atoms with E-state index in [2.05, 4.69) is 17.1 Å². The molecule has 0 aromatic heterocycles. The van der Waals surface area contributed by atoms with E-state index in [1.807, 2.05) is 7.05 Å². The molecule has 0 amide bonds. The van der Waals surface area contributed by atoms with Gasteiger partial charge in [0.15, 0.2) is 0 Å². The standard InChI is InChI=1S/C16H36N2O5/c1-4-18(6-9-19-3)7-10-21-12-14-23-16-15-22-13-11-20-8-5-17-2/h17H,4-16H2,1-3H3. The first-order valence-electron chi connectivity index (χ1n) is 8.52. The van der Waals surface area contributed by atoms with Gasteiger partial charge in [-0.15, -0.1) is 0 Å². The maximum atomic E-state index is 5.55. The Morgan fingerprint density at radius 2 is 1.17 bits per heavy atom. The molecule has 0 rings (SSSR count). The predicted molar refractivity (Wildman–Crippen MR) is 91.2 cm³/mol. The maximum absolute atomic E-state index is 5.55. The summed E-state index contributed by atoms with van der Waals surface area (Å²) in [5, 5.41) is 3.02. The zero-order chi connectivity index (χ0) is 17.0. The Morgan fingerprint density at radius 1 is 0.696 bits per heavy atom. The zero-order valence-electron chi connectivity index (χ0n) is 15.2. The molecule has 0 heterocycles. The quantitative estimate of drug-likeness (QED) is 0.339. The fraction of sp³-hybridized carbons (Fsp3) is 1.00. The van der Waals surface area contributed by atoms with E-state index >= 15 is 0 Å². The number of nitrogens with one attached hydrogen (secondary N) is 1. The van der Waals surface area contributed by atoms with E-state index in [1.54, 1.807) is 7.11 Å². The molecule has 0 aromatic rings. The third kappa shape index (κ3) is 17.9. The number of likely N-dealkylation sites (N-methyl/N-ethyl adjacent to an activating group) is 2. The summed E-state index contributed by atoms with van der Waals surface area (Å²) in [5.74, 6) is 0. The molecule has 140 valence electrons. The van der Waals surface area contributed by atoms with Crippen molar-refractivity contribution in [2.75, 3.05) is 99.8 Å². The third-order valence-electron chi connectivity index (χ3n) is 3.22. The lowest BCUT2D eigenvalue weighted by Gasteiger charge is -2.19. The van der Waals surface area contributed by atoms with E-state index in [4.69, 9.17) is 23.7 Å². The van der Waals surface area contributed by atoms with Crippen molar-refractivity contribution in [1.29, 1.82) is 0 Å². The lowest BCUT2D eigenvalue weighted by atomic mass is 10.5. The van der Waals surface area contributed by atoms with Crippen LogP contribution in [0.1, 0.15) is 6.92 Å². The van der Waals surface area contributed by atoms with Gasteiger partial charge in [-0.25, -0.2) is 0 Å². The van der Waals surface area contributed by atoms with E-state index < -0.39 is 0 Å². The fourth-order valence-electron chi connectivity index (χ4n) is 1.78. The summed E-state index contributed by atoms with van der Waals surface area (Å²) >= 11 is 0. The van der Waals surface area contributed by atoms with Gasteiger partial charge in [0, 0.05) is 26.7 Å². The van der Waals surface area contributed by atoms with E-state index in [-0.39, 0.29) is 0 Å². The van der Waals surface area contributed by atoms with Crippen LogP contribution < -0.4 is 5.32 Å². The second-order valence-corrected chi connectivity index (χ2v) is 4.98. The first-order valence-corrected chi connectivity index (χ1v) is 8.52. The Morgan fingerprint density at radius 3 is 1.65 bits per heavy atom. The first kappa shape index (κ1) is 22.7. The molecule has 0 unspecified atom stereocenters. The SMILES string of the molecule is CCN(CCOC)CCOCCOCCOCCOCCNC. The Bertz CT molecular complexity index is 223. The molecule has 1 N–H and O–H groups in total. The second kappa shape index (κ2) is 19.8. The highest BCUT2D eigenvalue weighted by atomic mass is 16.6. The van der Waals surface area contributed by atoms with Crippen LogP contribution in [-0.2, 0) is 23.7 Å². The number of rotatable bonds is 19. The first-order chi connectivity index (χ1) is 11.3. The molecule has 23 heavy (non-hydrogen) atoms. The third-order valence-corrected chi connectivity index (χ3v) is 3.22. The molecule has 0 radical (unpaired) electrons. The lowest BCUT2D eigenvalue weighted by molar-refractivity contribution is -0.00381. The number of ether oxygens (including phenoxy) is 5. The molecule has 0 aromatic carbocycles. The Balaban J connectivity index is 3.12. The van der Waals surface area contributed by atoms with Crippen LogP contribution in [0.15, 0.2) is 0 Å². The van der Waals surface area contributed by atoms with Crippen molar-refractivity contribution >= 4 is 0 Å². The van der Waals surface area contributed by atoms with Gasteiger partial charge in [-0.2, -0.15) is 0 Å². The normalized spacial score (nSPS) is 11.5. The highest BCUT2D eigenvalue weighted by Gasteiger charge is 2.01. The fourth-order valence-corrected chi connectivity index (χ4v) is 1.78. The van der Waals surface area contributed by atoms with Crippen molar-refractivity contribution in [3.05, 3.63) is 0 Å². The summed E-state index contributed by atoms with van der Waals surface area (Å²) in [7, 11) is 3.63. The van der Waals surface area contributed by atoms with Crippen LogP contribution >= 0.6 is 0 Å². The molecular formula is C16H36N2O5. The minimum absolute atomic E-state index is 0.592. The number of hydrogen-bond donors (Lipinski definition) is 1. The van der Waals surface area contributed by atoms with Crippen LogP contribution in [-0.4, -0.2) is 105 Å². The average molecular weight is 336 g/mol. The average Bonchev–Trinajstić information content (AvgIpc) is 2.57. The summed E-state index contributed by atoms with van der Waals surface area (Å²) < 4.78 is 26.8. The Labute approximate surface area is 141 Å². The van der Waals surface area contributed by atoms with Gasteiger partial charge in [0.1, 0.15) is 0 Å². The van der Waals surface area contributed by atoms with Crippen LogP contribution in [0.5, 0.6) is 0 Å². The van der Waals surface area contributed by atoms with Gasteiger partial charge < -0.3 is 29.0 Å². The Kier molecular flexibility index (Phi) is 19.5. The van der Waals surface area contributed by atoms with Gasteiger partial charge in [0.2, 0.25) is 0 Å². The van der Waals surface area contributed by atoms with E-state index in [0.717, 1.165) is 39.4 Å². The summed E-state index contributed by atoms with van der Waals surface area (Å²) in [6, 6.07) is 0. The smallest absolute Gasteiger partial charge is 0.0701 e. The number of nitrogens with zero attached hydrogens (tertiary/aromatic N) is 1. The molecule has 0 saturated carbocycles. The van der Waals surface area contributed by atoms with Crippen LogP contribution in [0.3, 0.4) is 0 Å². The molecule has 0 bridgehead atoms. The van der Waals surface area contributed by atoms with E-state index in [9.17, 15) is 0 Å². The van der Waals surface area contributed by atoms with Crippen molar-refractivity contribution in [2.24, 2.45) is 0 Å².